The van der Waals surface area contributed by atoms with Crippen LogP contribution in [0.25, 0.3) is 22.0 Å². The third-order valence-electron chi connectivity index (χ3n) is 8.23. The lowest BCUT2D eigenvalue weighted by atomic mass is 9.80. The number of hydrogen-bond acceptors (Lipinski definition) is 6. The van der Waals surface area contributed by atoms with Crippen LogP contribution in [0.4, 0.5) is 0 Å². The third kappa shape index (κ3) is 4.84. The number of ether oxygens (including phenoxy) is 2. The van der Waals surface area contributed by atoms with Crippen LogP contribution in [0, 0.1) is 5.92 Å². The van der Waals surface area contributed by atoms with Crippen molar-refractivity contribution in [3.8, 4) is 0 Å². The van der Waals surface area contributed by atoms with E-state index in [-0.39, 0.29) is 41.8 Å². The average molecular weight is 546 g/mol. The van der Waals surface area contributed by atoms with E-state index in [1.54, 1.807) is 6.26 Å². The van der Waals surface area contributed by atoms with E-state index in [9.17, 15) is 14.7 Å². The van der Waals surface area contributed by atoms with Gasteiger partial charge in [0, 0.05) is 55.1 Å². The largest absolute Gasteiger partial charge is 0.464 e. The fraction of sp³-hybridized carbons (Fsp3) is 0.419. The molecule has 2 N–H and O–H groups in total. The minimum absolute atomic E-state index is 0.0121. The number of aromatic nitrogens is 2. The summed E-state index contributed by atoms with van der Waals surface area (Å²) in [4.78, 5) is 31.3. The molecule has 6 rings (SSSR count). The average Bonchev–Trinajstić information content (AvgIpc) is 3.56. The number of fused-ring (bicyclic) bond motifs is 2. The second-order valence-electron chi connectivity index (χ2n) is 10.6. The maximum Gasteiger partial charge on any atom is 0.326 e. The van der Waals surface area contributed by atoms with Gasteiger partial charge in [0.2, 0.25) is 6.29 Å². The van der Waals surface area contributed by atoms with Crippen molar-refractivity contribution >= 4 is 27.9 Å². The van der Waals surface area contributed by atoms with Crippen molar-refractivity contribution in [1.82, 2.24) is 14.5 Å². The fourth-order valence-corrected chi connectivity index (χ4v) is 6.29. The number of benzene rings is 2. The van der Waals surface area contributed by atoms with E-state index in [0.29, 0.717) is 45.4 Å². The molecule has 1 saturated heterocycles. The number of rotatable bonds is 8. The summed E-state index contributed by atoms with van der Waals surface area (Å²) >= 11 is 0. The van der Waals surface area contributed by atoms with Crippen LogP contribution in [0.2, 0.25) is 0 Å². The Bertz CT molecular complexity index is 1570. The number of aliphatic hydroxyl groups excluding tert-OH is 1. The molecule has 0 spiro atoms. The van der Waals surface area contributed by atoms with Crippen molar-refractivity contribution in [2.75, 3.05) is 26.3 Å². The molecule has 2 aliphatic rings. The zero-order valence-electron chi connectivity index (χ0n) is 22.6. The van der Waals surface area contributed by atoms with Gasteiger partial charge in [0.15, 0.2) is 5.76 Å². The Hall–Kier alpha value is -3.82. The second kappa shape index (κ2) is 11.3. The molecule has 0 aliphatic carbocycles. The Balaban J connectivity index is 1.26. The first kappa shape index (κ1) is 26.4. The van der Waals surface area contributed by atoms with E-state index in [0.717, 1.165) is 27.6 Å². The Labute approximate surface area is 232 Å². The van der Waals surface area contributed by atoms with Gasteiger partial charge in [-0.15, -0.1) is 0 Å². The van der Waals surface area contributed by atoms with Crippen molar-refractivity contribution in [2.24, 2.45) is 5.92 Å². The third-order valence-corrected chi connectivity index (χ3v) is 8.23. The van der Waals surface area contributed by atoms with Crippen LogP contribution in [-0.2, 0) is 14.3 Å². The molecule has 0 radical (unpaired) electrons. The van der Waals surface area contributed by atoms with E-state index >= 15 is 0 Å². The summed E-state index contributed by atoms with van der Waals surface area (Å²) in [6.45, 7) is 3.45. The van der Waals surface area contributed by atoms with E-state index in [1.165, 1.54) is 0 Å². The van der Waals surface area contributed by atoms with E-state index in [1.807, 2.05) is 71.0 Å². The van der Waals surface area contributed by atoms with E-state index in [4.69, 9.17) is 13.9 Å². The molecule has 9 heteroatoms. The van der Waals surface area contributed by atoms with Gasteiger partial charge in [-0.2, -0.15) is 0 Å². The minimum Gasteiger partial charge on any atom is -0.464 e. The van der Waals surface area contributed by atoms with Crippen molar-refractivity contribution in [3.63, 3.8) is 0 Å². The lowest BCUT2D eigenvalue weighted by Crippen LogP contribution is -2.44. The Kier molecular flexibility index (Phi) is 7.49. The Morgan fingerprint density at radius 3 is 2.70 bits per heavy atom. The number of imidazole rings is 1. The van der Waals surface area contributed by atoms with E-state index in [2.05, 4.69) is 4.98 Å². The number of amides is 1. The highest BCUT2D eigenvalue weighted by molar-refractivity contribution is 5.92. The number of aromatic amines is 1. The van der Waals surface area contributed by atoms with Crippen LogP contribution < -0.4 is 5.69 Å². The summed E-state index contributed by atoms with van der Waals surface area (Å²) in [6, 6.07) is 15.6. The number of aliphatic hydroxyl groups is 1. The molecule has 9 nitrogen and oxygen atoms in total. The van der Waals surface area contributed by atoms with Gasteiger partial charge in [-0.1, -0.05) is 30.3 Å². The predicted octanol–water partition coefficient (Wildman–Crippen LogP) is 4.69. The summed E-state index contributed by atoms with van der Waals surface area (Å²) in [7, 11) is 0. The molecule has 2 aliphatic heterocycles. The van der Waals surface area contributed by atoms with Gasteiger partial charge in [-0.3, -0.25) is 9.36 Å². The van der Waals surface area contributed by atoms with Crippen LogP contribution in [-0.4, -0.2) is 58.1 Å². The summed E-state index contributed by atoms with van der Waals surface area (Å²) in [5.74, 6) is -0.171. The summed E-state index contributed by atoms with van der Waals surface area (Å²) in [5, 5.41) is 10.6. The van der Waals surface area contributed by atoms with Gasteiger partial charge >= 0.3 is 5.69 Å². The highest BCUT2D eigenvalue weighted by Gasteiger charge is 2.40. The number of nitrogens with zero attached hydrogens (tertiary/aromatic N) is 2. The van der Waals surface area contributed by atoms with Crippen LogP contribution in [0.3, 0.4) is 0 Å². The van der Waals surface area contributed by atoms with Crippen molar-refractivity contribution < 1.29 is 23.8 Å². The first-order valence-corrected chi connectivity index (χ1v) is 14.1. The molecule has 210 valence electrons. The monoisotopic (exact) mass is 545 g/mol. The highest BCUT2D eigenvalue weighted by Crippen LogP contribution is 2.43. The summed E-state index contributed by atoms with van der Waals surface area (Å²) < 4.78 is 20.0. The van der Waals surface area contributed by atoms with E-state index < -0.39 is 6.29 Å². The molecular formula is C31H35N3O6. The predicted molar refractivity (Wildman–Crippen MR) is 151 cm³/mol. The van der Waals surface area contributed by atoms with Crippen molar-refractivity contribution in [2.45, 2.75) is 50.9 Å². The molecule has 0 saturated carbocycles. The number of H-pyrrole nitrogens is 1. The number of furan rings is 1. The summed E-state index contributed by atoms with van der Waals surface area (Å²) in [6.07, 6.45) is 5.67. The standard InChI is InChI=1S/C31H35N3O6/c1-2-38-30-22(9-7-17-35)23(24-19-39-27-12-6-3-8-21(24)27)18-28(40-30)29(36)33-15-13-20(14-16-33)34-26-11-5-4-10-25(26)32-31(34)37/h3-6,8,10-12,18-20,22-23,30,35H,2,7,9,13-17H2,1H3,(H,32,37)/t22-,23-,30+/m0/s1. The number of nitrogens with one attached hydrogen (secondary N) is 1. The molecule has 0 bridgehead atoms. The fourth-order valence-electron chi connectivity index (χ4n) is 6.29. The molecule has 4 heterocycles. The first-order chi connectivity index (χ1) is 19.6. The highest BCUT2D eigenvalue weighted by atomic mass is 16.7. The smallest absolute Gasteiger partial charge is 0.326 e. The second-order valence-corrected chi connectivity index (χ2v) is 10.6. The number of hydrogen-bond donors (Lipinski definition) is 2. The number of carbonyl (C=O) groups is 1. The lowest BCUT2D eigenvalue weighted by molar-refractivity contribution is -0.170. The van der Waals surface area contributed by atoms with Gasteiger partial charge in [0.1, 0.15) is 5.58 Å². The number of allylic oxidation sites excluding steroid dienone is 1. The number of likely N-dealkylation sites (tertiary alicyclic amines) is 1. The topological polar surface area (TPSA) is 110 Å². The van der Waals surface area contributed by atoms with Crippen LogP contribution in [0.1, 0.15) is 50.1 Å². The molecule has 0 unspecified atom stereocenters. The minimum atomic E-state index is -0.624. The van der Waals surface area contributed by atoms with Gasteiger partial charge < -0.3 is 28.9 Å². The van der Waals surface area contributed by atoms with Crippen molar-refractivity contribution in [1.29, 1.82) is 0 Å². The van der Waals surface area contributed by atoms with Crippen LogP contribution in [0.15, 0.2) is 75.8 Å². The zero-order chi connectivity index (χ0) is 27.6. The molecule has 4 aromatic rings. The normalized spacial score (nSPS) is 22.0. The maximum absolute atomic E-state index is 13.8. The SMILES string of the molecule is CCO[C@@H]1OC(C(=O)N2CCC(n3c(=O)[nH]c4ccccc43)CC2)=C[C@H](c2coc3ccccc23)[C@@H]1CCCO. The first-order valence-electron chi connectivity index (χ1n) is 14.1. The molecule has 2 aromatic heterocycles. The molecule has 1 amide bonds. The molecule has 40 heavy (non-hydrogen) atoms. The number of carbonyl (C=O) groups excluding carboxylic acids is 1. The quantitative estimate of drug-likeness (QED) is 0.333. The molecule has 3 atom stereocenters. The summed E-state index contributed by atoms with van der Waals surface area (Å²) in [5.41, 5.74) is 3.36. The Morgan fingerprint density at radius 2 is 1.90 bits per heavy atom. The van der Waals surface area contributed by atoms with Gasteiger partial charge in [0.05, 0.1) is 17.3 Å². The molecular weight excluding hydrogens is 510 g/mol. The van der Waals surface area contributed by atoms with Gasteiger partial charge in [0.25, 0.3) is 5.91 Å². The maximum atomic E-state index is 13.8. The lowest BCUT2D eigenvalue weighted by Gasteiger charge is -2.39. The van der Waals surface area contributed by atoms with Gasteiger partial charge in [-0.05, 0) is 56.9 Å². The van der Waals surface area contributed by atoms with Crippen molar-refractivity contribution in [3.05, 3.63) is 82.7 Å². The van der Waals surface area contributed by atoms with Crippen LogP contribution in [0.5, 0.6) is 0 Å². The number of piperidine rings is 1. The molecule has 1 fully saturated rings. The molecule has 2 aromatic carbocycles. The van der Waals surface area contributed by atoms with Gasteiger partial charge in [-0.25, -0.2) is 4.79 Å². The number of para-hydroxylation sites is 3. The van der Waals surface area contributed by atoms with Crippen LogP contribution >= 0.6 is 0 Å². The Morgan fingerprint density at radius 1 is 1.12 bits per heavy atom. The zero-order valence-corrected chi connectivity index (χ0v) is 22.6.